The van der Waals surface area contributed by atoms with Gasteiger partial charge in [0.25, 0.3) is 0 Å². The first-order chi connectivity index (χ1) is 29.3. The van der Waals surface area contributed by atoms with Gasteiger partial charge in [-0.2, -0.15) is 0 Å². The second kappa shape index (κ2) is 93.8. The molecule has 0 radical (unpaired) electrons. The number of nitrogens with zero attached hydrogens (tertiary/aromatic N) is 6. The number of likely N-dealkylation sites (N-methyl/N-ethyl adjacent to an activating group) is 2. The molecule has 0 saturated carbocycles. The molecule has 28 heteroatoms. The van der Waals surface area contributed by atoms with E-state index in [4.69, 9.17) is 107 Å². The molecule has 0 aliphatic rings. The number of nitrogens with one attached hydrogen (secondary N) is 2. The van der Waals surface area contributed by atoms with Gasteiger partial charge >= 0.3 is 35.5 Å². The van der Waals surface area contributed by atoms with Crippen LogP contribution in [0.1, 0.15) is 0 Å². The third kappa shape index (κ3) is 126. The van der Waals surface area contributed by atoms with Crippen molar-refractivity contribution in [2.24, 2.45) is 10.8 Å². The fraction of sp³-hybridized carbons (Fsp3) is 0.970. The summed E-state index contributed by atoms with van der Waals surface area (Å²) in [5.74, 6) is -0.440. The Morgan fingerprint density at radius 3 is 1.13 bits per heavy atom. The standard InChI is InChI=1S/C7H15NO4.C7H17NO3.C6H13ClO3.C6H13N3O3.C6H15NO3.CH3Cl.N3.Na/c1-8-2-3-11-4-5-12-6-7(9)10;1-8-2-4-10-6-7-11-5-3-9;7-1-3-9-5-6-10-4-2-8;7-9-8-1-3-11-5-6-12-4-2-10;7-1-3-9-5-6-10-4-2-8;1-2;1-3-2;/h8H,2-6H2,1H3,(H,9,10);8-9H,2-7H2,1H3;8H,1-6H2;10H,1-6H2;8H,1-7H2;1H3;;/q;;;;;;-1;+1. The van der Waals surface area contributed by atoms with Crippen LogP contribution in [0.2, 0.25) is 0 Å². The van der Waals surface area contributed by atoms with Crippen molar-refractivity contribution in [3.05, 3.63) is 26.4 Å². The zero-order valence-corrected chi connectivity index (χ0v) is 40.3. The van der Waals surface area contributed by atoms with Crippen molar-refractivity contribution in [1.82, 2.24) is 10.6 Å². The summed E-state index contributed by atoms with van der Waals surface area (Å²) in [7, 11) is 3.72. The van der Waals surface area contributed by atoms with Crippen molar-refractivity contribution < 1.29 is 107 Å². The number of hydrogen-bond donors (Lipinski definition) is 8. The Morgan fingerprint density at radius 2 is 0.852 bits per heavy atom. The number of hydrogen-bond acceptors (Lipinski definition) is 19. The molecule has 25 nitrogen and oxygen atoms in total. The van der Waals surface area contributed by atoms with Crippen molar-refractivity contribution >= 4 is 29.2 Å². The number of rotatable bonds is 38. The number of alkyl halides is 2. The van der Waals surface area contributed by atoms with Gasteiger partial charge in [0, 0.05) is 43.4 Å². The molecule has 9 N–H and O–H groups in total. The minimum atomic E-state index is -0.953. The number of aliphatic hydroxyl groups excluding tert-OH is 4. The summed E-state index contributed by atoms with van der Waals surface area (Å²) < 4.78 is 49.7. The van der Waals surface area contributed by atoms with Crippen molar-refractivity contribution in [3.8, 4) is 0 Å². The van der Waals surface area contributed by atoms with E-state index in [1.165, 1.54) is 11.3 Å². The van der Waals surface area contributed by atoms with Gasteiger partial charge in [-0.15, -0.1) is 23.2 Å². The Kier molecular flexibility index (Phi) is 119. The number of aliphatic hydroxyl groups is 4. The smallest absolute Gasteiger partial charge is 0.480 e. The van der Waals surface area contributed by atoms with Crippen LogP contribution in [0.3, 0.4) is 0 Å². The number of ether oxygens (including phenoxy) is 10. The Labute approximate surface area is 393 Å². The molecule has 0 rings (SSSR count). The average molecular weight is 949 g/mol. The maximum atomic E-state index is 9.96. The predicted molar refractivity (Wildman–Crippen MR) is 228 cm³/mol. The molecule has 0 saturated heterocycles. The van der Waals surface area contributed by atoms with Crippen LogP contribution >= 0.6 is 23.2 Å². The van der Waals surface area contributed by atoms with Gasteiger partial charge in [-0.3, -0.25) is 4.91 Å². The fourth-order valence-electron chi connectivity index (χ4n) is 2.56. The first-order valence-electron chi connectivity index (χ1n) is 18.7. The molecule has 0 unspecified atom stereocenters. The SMILES string of the molecule is CCl.CNCCOCCOCC(=O)O.CNCCOCCOCCO.NCCOCCOCCO.OCCOCCOCCCl.[N-]=[N+]=NCCOCCOCCO.[N-]=[N+]=[N-].[Na+]. The Hall–Kier alpha value is -1.01. The molecule has 0 heterocycles. The molecule has 0 aliphatic carbocycles. The van der Waals surface area contributed by atoms with Gasteiger partial charge in [0.15, 0.2) is 0 Å². The van der Waals surface area contributed by atoms with E-state index in [0.717, 1.165) is 13.1 Å². The van der Waals surface area contributed by atoms with Gasteiger partial charge in [0.2, 0.25) is 0 Å². The number of carboxylic acids is 1. The zero-order chi connectivity index (χ0) is 46.7. The minimum Gasteiger partial charge on any atom is -0.480 e. The van der Waals surface area contributed by atoms with E-state index >= 15 is 0 Å². The van der Waals surface area contributed by atoms with Crippen molar-refractivity contribution in [2.75, 3.05) is 211 Å². The number of halogens is 2. The first kappa shape index (κ1) is 77.2. The largest absolute Gasteiger partial charge is 1.00 e. The third-order valence-corrected chi connectivity index (χ3v) is 5.06. The number of azide groups is 1. The van der Waals surface area contributed by atoms with E-state index in [-0.39, 0.29) is 62.6 Å². The van der Waals surface area contributed by atoms with Crippen LogP contribution in [0.4, 0.5) is 0 Å². The van der Waals surface area contributed by atoms with E-state index in [9.17, 15) is 4.79 Å². The summed E-state index contributed by atoms with van der Waals surface area (Å²) in [5.41, 5.74) is 26.6. The summed E-state index contributed by atoms with van der Waals surface area (Å²) in [4.78, 5) is 14.0. The molecule has 0 aromatic heterocycles. The number of nitrogens with two attached hydrogens (primary N) is 1. The van der Waals surface area contributed by atoms with Gasteiger partial charge in [-0.25, -0.2) is 4.79 Å². The van der Waals surface area contributed by atoms with Crippen molar-refractivity contribution in [3.63, 3.8) is 0 Å². The summed E-state index contributed by atoms with van der Waals surface area (Å²) in [5, 5.41) is 50.6. The average Bonchev–Trinajstić information content (AvgIpc) is 3.25. The van der Waals surface area contributed by atoms with Gasteiger partial charge in [-0.1, -0.05) is 5.11 Å². The van der Waals surface area contributed by atoms with Crippen LogP contribution in [0, 0.1) is 0 Å². The number of carbonyl (C=O) groups is 1. The molecule has 0 fully saturated rings. The minimum absolute atomic E-state index is 0. The van der Waals surface area contributed by atoms with E-state index in [1.54, 1.807) is 0 Å². The van der Waals surface area contributed by atoms with Gasteiger partial charge in [-0.05, 0) is 19.6 Å². The summed E-state index contributed by atoms with van der Waals surface area (Å²) in [6.45, 7) is 11.9. The van der Waals surface area contributed by atoms with E-state index < -0.39 is 5.97 Å². The maximum absolute atomic E-state index is 9.96. The van der Waals surface area contributed by atoms with E-state index in [1.807, 2.05) is 14.1 Å². The molecule has 0 aromatic carbocycles. The second-order valence-corrected chi connectivity index (χ2v) is 9.96. The fourth-order valence-corrected chi connectivity index (χ4v) is 2.67. The molecule has 0 atom stereocenters. The molecule has 0 bridgehead atoms. The molecule has 0 spiro atoms. The van der Waals surface area contributed by atoms with Crippen molar-refractivity contribution in [2.45, 2.75) is 0 Å². The topological polar surface area (TPSA) is 368 Å². The summed E-state index contributed by atoms with van der Waals surface area (Å²) >= 11 is 9.97. The normalized spacial score (nSPS) is 9.28. The number of carboxylic acid groups (broad SMARTS) is 1. The Bertz CT molecular complexity index is 744. The Balaban J connectivity index is -0.0000000930. The van der Waals surface area contributed by atoms with Crippen LogP contribution in [0.5, 0.6) is 0 Å². The molecule has 0 amide bonds. The summed E-state index contributed by atoms with van der Waals surface area (Å²) in [6.07, 6.45) is 1.47. The third-order valence-electron chi connectivity index (χ3n) is 4.90. The predicted octanol–water partition coefficient (Wildman–Crippen LogP) is -3.18. The van der Waals surface area contributed by atoms with Crippen LogP contribution in [-0.2, 0) is 52.2 Å². The van der Waals surface area contributed by atoms with Crippen LogP contribution in [0.15, 0.2) is 5.11 Å². The number of aliphatic carboxylic acids is 1. The van der Waals surface area contributed by atoms with E-state index in [2.05, 4.69) is 32.3 Å². The molecule has 0 aliphatic heterocycles. The van der Waals surface area contributed by atoms with E-state index in [0.29, 0.717) is 145 Å². The van der Waals surface area contributed by atoms with Crippen molar-refractivity contribution in [1.29, 1.82) is 0 Å². The van der Waals surface area contributed by atoms with Crippen LogP contribution in [-0.4, -0.2) is 243 Å². The zero-order valence-electron chi connectivity index (χ0n) is 36.7. The Morgan fingerprint density at radius 1 is 0.557 bits per heavy atom. The molecule has 0 aromatic rings. The van der Waals surface area contributed by atoms with Gasteiger partial charge < -0.3 is 100 Å². The molecular formula is C33H76Cl2N9NaO16. The molecule has 364 valence electrons. The van der Waals surface area contributed by atoms with Crippen LogP contribution < -0.4 is 45.9 Å². The van der Waals surface area contributed by atoms with Gasteiger partial charge in [0.05, 0.1) is 152 Å². The first-order valence-corrected chi connectivity index (χ1v) is 20.0. The summed E-state index contributed by atoms with van der Waals surface area (Å²) in [6, 6.07) is 0. The van der Waals surface area contributed by atoms with Crippen LogP contribution in [0.25, 0.3) is 26.4 Å². The molecule has 61 heavy (non-hydrogen) atoms. The monoisotopic (exact) mass is 947 g/mol. The quantitative estimate of drug-likeness (QED) is 0.00755. The van der Waals surface area contributed by atoms with Gasteiger partial charge in [0.1, 0.15) is 6.61 Å². The molecular weight excluding hydrogens is 872 g/mol. The second-order valence-electron chi connectivity index (χ2n) is 9.58. The maximum Gasteiger partial charge on any atom is 1.00 e.